The normalized spacial score (nSPS) is 20.3. The number of rotatable bonds is 8. The van der Waals surface area contributed by atoms with E-state index < -0.39 is 17.7 Å². The predicted octanol–water partition coefficient (Wildman–Crippen LogP) is 3.50. The van der Waals surface area contributed by atoms with Gasteiger partial charge in [-0.15, -0.1) is 0 Å². The third-order valence-corrected chi connectivity index (χ3v) is 6.67. The SMILES string of the molecule is COc1ccc(/C(O)=C2\C(=O)C(=O)N(CCCN3CCOCC3)[C@H]2c2ccccc2OC)cc1Cl. The number of nitrogens with zero attached hydrogens (tertiary/aromatic N) is 2. The third kappa shape index (κ3) is 5.15. The molecule has 1 N–H and O–H groups in total. The second-order valence-corrected chi connectivity index (χ2v) is 8.80. The first-order valence-electron chi connectivity index (χ1n) is 11.5. The second-order valence-electron chi connectivity index (χ2n) is 8.39. The molecule has 0 aromatic heterocycles. The van der Waals surface area contributed by atoms with Crippen molar-refractivity contribution >= 4 is 29.1 Å². The van der Waals surface area contributed by atoms with Gasteiger partial charge in [0.15, 0.2) is 0 Å². The number of benzene rings is 2. The van der Waals surface area contributed by atoms with Crippen LogP contribution in [0.2, 0.25) is 5.02 Å². The Kier molecular flexibility index (Phi) is 7.95. The Morgan fingerprint density at radius 1 is 1.06 bits per heavy atom. The van der Waals surface area contributed by atoms with Gasteiger partial charge in [-0.1, -0.05) is 29.8 Å². The number of para-hydroxylation sites is 1. The average molecular weight is 501 g/mol. The number of carbonyl (C=O) groups excluding carboxylic acids is 2. The van der Waals surface area contributed by atoms with Crippen molar-refractivity contribution in [2.75, 3.05) is 53.6 Å². The van der Waals surface area contributed by atoms with Crippen LogP contribution in [0, 0.1) is 0 Å². The fourth-order valence-electron chi connectivity index (χ4n) is 4.58. The predicted molar refractivity (Wildman–Crippen MR) is 132 cm³/mol. The number of hydrogen-bond acceptors (Lipinski definition) is 7. The van der Waals surface area contributed by atoms with Crippen LogP contribution in [-0.2, 0) is 14.3 Å². The van der Waals surface area contributed by atoms with Crippen molar-refractivity contribution in [2.45, 2.75) is 12.5 Å². The summed E-state index contributed by atoms with van der Waals surface area (Å²) in [6.45, 7) is 4.19. The molecule has 2 fully saturated rings. The van der Waals surface area contributed by atoms with Crippen molar-refractivity contribution in [3.63, 3.8) is 0 Å². The van der Waals surface area contributed by atoms with Crippen LogP contribution in [0.1, 0.15) is 23.6 Å². The van der Waals surface area contributed by atoms with Gasteiger partial charge in [-0.3, -0.25) is 14.5 Å². The first-order valence-corrected chi connectivity index (χ1v) is 11.9. The van der Waals surface area contributed by atoms with E-state index in [0.717, 1.165) is 19.6 Å². The van der Waals surface area contributed by atoms with Crippen LogP contribution in [0.4, 0.5) is 0 Å². The summed E-state index contributed by atoms with van der Waals surface area (Å²) in [5.74, 6) is -0.718. The Labute approximate surface area is 209 Å². The van der Waals surface area contributed by atoms with E-state index in [1.54, 1.807) is 24.3 Å². The molecule has 4 rings (SSSR count). The Hall–Kier alpha value is -3.07. The number of amides is 1. The van der Waals surface area contributed by atoms with E-state index in [-0.39, 0.29) is 16.4 Å². The van der Waals surface area contributed by atoms with Crippen molar-refractivity contribution < 1.29 is 28.9 Å². The Balaban J connectivity index is 1.72. The van der Waals surface area contributed by atoms with Gasteiger partial charge < -0.3 is 24.2 Å². The number of morpholine rings is 1. The number of hydrogen-bond donors (Lipinski definition) is 1. The van der Waals surface area contributed by atoms with Gasteiger partial charge >= 0.3 is 0 Å². The molecular formula is C26H29ClN2O6. The summed E-state index contributed by atoms with van der Waals surface area (Å²) >= 11 is 6.26. The number of ether oxygens (including phenoxy) is 3. The van der Waals surface area contributed by atoms with Crippen molar-refractivity contribution in [3.8, 4) is 11.5 Å². The van der Waals surface area contributed by atoms with Gasteiger partial charge in [0.2, 0.25) is 0 Å². The molecule has 0 unspecified atom stereocenters. The lowest BCUT2D eigenvalue weighted by Gasteiger charge is -2.29. The lowest BCUT2D eigenvalue weighted by Crippen LogP contribution is -2.39. The molecule has 0 spiro atoms. The van der Waals surface area contributed by atoms with E-state index >= 15 is 0 Å². The van der Waals surface area contributed by atoms with Crippen molar-refractivity contribution in [2.24, 2.45) is 0 Å². The minimum absolute atomic E-state index is 0.00658. The molecular weight excluding hydrogens is 472 g/mol. The topological polar surface area (TPSA) is 88.5 Å². The van der Waals surface area contributed by atoms with E-state index in [0.29, 0.717) is 48.8 Å². The van der Waals surface area contributed by atoms with Crippen LogP contribution in [0.15, 0.2) is 48.0 Å². The lowest BCUT2D eigenvalue weighted by atomic mass is 9.94. The van der Waals surface area contributed by atoms with Gasteiger partial charge in [-0.2, -0.15) is 0 Å². The molecule has 9 heteroatoms. The fraction of sp³-hybridized carbons (Fsp3) is 0.385. The summed E-state index contributed by atoms with van der Waals surface area (Å²) in [6.07, 6.45) is 0.674. The quantitative estimate of drug-likeness (QED) is 0.337. The number of carbonyl (C=O) groups is 2. The van der Waals surface area contributed by atoms with E-state index in [1.807, 2.05) is 12.1 Å². The monoisotopic (exact) mass is 500 g/mol. The van der Waals surface area contributed by atoms with Gasteiger partial charge in [0.1, 0.15) is 17.3 Å². The zero-order valence-electron chi connectivity index (χ0n) is 19.8. The maximum atomic E-state index is 13.3. The van der Waals surface area contributed by atoms with E-state index in [9.17, 15) is 14.7 Å². The summed E-state index contributed by atoms with van der Waals surface area (Å²) in [5.41, 5.74) is 0.954. The highest BCUT2D eigenvalue weighted by Gasteiger charge is 2.46. The number of ketones is 1. The number of Topliss-reactive ketones (excluding diaryl/α,β-unsaturated/α-hetero) is 1. The molecule has 2 aromatic rings. The largest absolute Gasteiger partial charge is 0.507 e. The van der Waals surface area contributed by atoms with Gasteiger partial charge in [-0.05, 0) is 30.7 Å². The number of methoxy groups -OCH3 is 2. The molecule has 8 nitrogen and oxygen atoms in total. The Bertz CT molecular complexity index is 1130. The number of aliphatic hydroxyl groups excluding tert-OH is 1. The van der Waals surface area contributed by atoms with Crippen molar-refractivity contribution in [1.29, 1.82) is 0 Å². The number of likely N-dealkylation sites (tertiary alicyclic amines) is 1. The van der Waals surface area contributed by atoms with Crippen LogP contribution in [0.25, 0.3) is 5.76 Å². The highest BCUT2D eigenvalue weighted by molar-refractivity contribution is 6.46. The summed E-state index contributed by atoms with van der Waals surface area (Å²) in [5, 5.41) is 11.5. The molecule has 0 saturated carbocycles. The van der Waals surface area contributed by atoms with E-state index in [4.69, 9.17) is 25.8 Å². The number of halogens is 1. The molecule has 2 heterocycles. The Morgan fingerprint density at radius 3 is 2.46 bits per heavy atom. The van der Waals surface area contributed by atoms with Crippen LogP contribution in [-0.4, -0.2) is 80.2 Å². The summed E-state index contributed by atoms with van der Waals surface area (Å²) < 4.78 is 16.1. The van der Waals surface area contributed by atoms with Gasteiger partial charge in [0.25, 0.3) is 11.7 Å². The van der Waals surface area contributed by atoms with Crippen molar-refractivity contribution in [1.82, 2.24) is 9.80 Å². The van der Waals surface area contributed by atoms with E-state index in [1.165, 1.54) is 25.2 Å². The first-order chi connectivity index (χ1) is 17.0. The minimum atomic E-state index is -0.795. The molecule has 2 saturated heterocycles. The van der Waals surface area contributed by atoms with Crippen LogP contribution < -0.4 is 9.47 Å². The summed E-state index contributed by atoms with van der Waals surface area (Å²) in [7, 11) is 3.03. The molecule has 0 radical (unpaired) electrons. The van der Waals surface area contributed by atoms with Crippen molar-refractivity contribution in [3.05, 3.63) is 64.2 Å². The maximum absolute atomic E-state index is 13.3. The second kappa shape index (κ2) is 11.1. The van der Waals surface area contributed by atoms with Crippen LogP contribution >= 0.6 is 11.6 Å². The molecule has 186 valence electrons. The summed E-state index contributed by atoms with van der Waals surface area (Å²) in [6, 6.07) is 11.1. The zero-order chi connectivity index (χ0) is 24.9. The molecule has 2 aliphatic rings. The number of aliphatic hydroxyl groups is 1. The highest BCUT2D eigenvalue weighted by atomic mass is 35.5. The fourth-order valence-corrected chi connectivity index (χ4v) is 4.84. The third-order valence-electron chi connectivity index (χ3n) is 6.38. The molecule has 1 atom stereocenters. The van der Waals surface area contributed by atoms with Crippen LogP contribution in [0.3, 0.4) is 0 Å². The smallest absolute Gasteiger partial charge is 0.295 e. The maximum Gasteiger partial charge on any atom is 0.295 e. The minimum Gasteiger partial charge on any atom is -0.507 e. The van der Waals surface area contributed by atoms with Gasteiger partial charge in [0, 0.05) is 37.3 Å². The highest BCUT2D eigenvalue weighted by Crippen LogP contribution is 2.43. The molecule has 35 heavy (non-hydrogen) atoms. The molecule has 2 aliphatic heterocycles. The lowest BCUT2D eigenvalue weighted by molar-refractivity contribution is -0.140. The summed E-state index contributed by atoms with van der Waals surface area (Å²) in [4.78, 5) is 30.2. The molecule has 0 aliphatic carbocycles. The molecule has 1 amide bonds. The first kappa shape index (κ1) is 25.0. The molecule has 2 aromatic carbocycles. The van der Waals surface area contributed by atoms with E-state index in [2.05, 4.69) is 4.90 Å². The van der Waals surface area contributed by atoms with Gasteiger partial charge in [0.05, 0.1) is 44.1 Å². The zero-order valence-corrected chi connectivity index (χ0v) is 20.6. The standard InChI is InChI=1S/C26H29ClN2O6/c1-33-20-7-4-3-6-18(20)23-22(24(30)17-8-9-21(34-2)19(27)16-17)25(31)26(32)29(23)11-5-10-28-12-14-35-15-13-28/h3-4,6-9,16,23,30H,5,10-15H2,1-2H3/b24-22+/t23-/m0/s1. The average Bonchev–Trinajstić information content (AvgIpc) is 3.13. The Morgan fingerprint density at radius 2 is 1.77 bits per heavy atom. The van der Waals surface area contributed by atoms with Gasteiger partial charge in [-0.25, -0.2) is 0 Å². The molecule has 0 bridgehead atoms. The van der Waals surface area contributed by atoms with Crippen LogP contribution in [0.5, 0.6) is 11.5 Å².